The van der Waals surface area contributed by atoms with Crippen LogP contribution in [0.25, 0.3) is 0 Å². The fourth-order valence-corrected chi connectivity index (χ4v) is 2.55. The van der Waals surface area contributed by atoms with Crippen molar-refractivity contribution in [3.63, 3.8) is 0 Å². The maximum absolute atomic E-state index is 12.5. The summed E-state index contributed by atoms with van der Waals surface area (Å²) in [6.07, 6.45) is 0.0945. The normalized spacial score (nSPS) is 19.1. The zero-order valence-electron chi connectivity index (χ0n) is 14.7. The molecule has 1 atom stereocenters. The number of ether oxygens (including phenoxy) is 2. The van der Waals surface area contributed by atoms with E-state index in [0.717, 1.165) is 19.7 Å². The molecule has 0 amide bonds. The number of rotatable bonds is 7. The molecule has 2 rings (SSSR count). The van der Waals surface area contributed by atoms with Crippen molar-refractivity contribution < 1.29 is 18.3 Å². The van der Waals surface area contributed by atoms with Gasteiger partial charge in [0.15, 0.2) is 5.96 Å². The highest BCUT2D eigenvalue weighted by Gasteiger charge is 2.17. The van der Waals surface area contributed by atoms with Gasteiger partial charge in [0.25, 0.3) is 0 Å². The number of nitrogens with one attached hydrogen (secondary N) is 2. The highest BCUT2D eigenvalue weighted by molar-refractivity contribution is 5.79. The molecule has 0 radical (unpaired) electrons. The molecule has 140 valence electrons. The molecule has 1 aromatic carbocycles. The van der Waals surface area contributed by atoms with Crippen molar-refractivity contribution in [1.29, 1.82) is 0 Å². The van der Waals surface area contributed by atoms with Gasteiger partial charge in [0.2, 0.25) is 0 Å². The zero-order valence-corrected chi connectivity index (χ0v) is 14.7. The summed E-state index contributed by atoms with van der Waals surface area (Å²) in [6.45, 7) is 3.20. The number of benzene rings is 1. The molecule has 0 saturated carbocycles. The molecule has 25 heavy (non-hydrogen) atoms. The summed E-state index contributed by atoms with van der Waals surface area (Å²) in [5.41, 5.74) is 0.605. The van der Waals surface area contributed by atoms with Crippen molar-refractivity contribution in [3.05, 3.63) is 29.8 Å². The molecule has 1 aliphatic heterocycles. The number of halogens is 2. The van der Waals surface area contributed by atoms with E-state index in [-0.39, 0.29) is 18.4 Å². The summed E-state index contributed by atoms with van der Waals surface area (Å²) in [5.74, 6) is 0.764. The largest absolute Gasteiger partial charge is 0.434 e. The topological polar surface area (TPSA) is 58.1 Å². The Kier molecular flexibility index (Phi) is 7.87. The standard InChI is InChI=1S/C17H26F2N4O2/c1-3-20-17(22-11-14-12-23(2)8-9-24-14)21-10-13-6-4-5-7-15(13)25-16(18)19/h4-7,14,16H,3,8-12H2,1-2H3,(H2,20,21,22). The lowest BCUT2D eigenvalue weighted by molar-refractivity contribution is -0.0504. The predicted octanol–water partition coefficient (Wildman–Crippen LogP) is 1.67. The molecule has 0 bridgehead atoms. The van der Waals surface area contributed by atoms with Crippen LogP contribution in [0.3, 0.4) is 0 Å². The van der Waals surface area contributed by atoms with Crippen molar-refractivity contribution in [2.24, 2.45) is 4.99 Å². The second-order valence-corrected chi connectivity index (χ2v) is 5.82. The molecule has 1 unspecified atom stereocenters. The van der Waals surface area contributed by atoms with E-state index < -0.39 is 6.61 Å². The van der Waals surface area contributed by atoms with Crippen molar-refractivity contribution >= 4 is 5.96 Å². The summed E-state index contributed by atoms with van der Waals surface area (Å²) in [4.78, 5) is 6.68. The number of guanidine groups is 1. The first-order valence-electron chi connectivity index (χ1n) is 8.43. The average Bonchev–Trinajstić information content (AvgIpc) is 2.58. The first kappa shape index (κ1) is 19.4. The molecular formula is C17H26F2N4O2. The van der Waals surface area contributed by atoms with E-state index in [2.05, 4.69) is 32.3 Å². The molecule has 8 heteroatoms. The van der Waals surface area contributed by atoms with Crippen LogP contribution in [-0.2, 0) is 11.3 Å². The van der Waals surface area contributed by atoms with Gasteiger partial charge in [-0.05, 0) is 20.0 Å². The van der Waals surface area contributed by atoms with E-state index in [0.29, 0.717) is 24.6 Å². The van der Waals surface area contributed by atoms with Gasteiger partial charge in [-0.1, -0.05) is 18.2 Å². The number of aliphatic imine (C=N–C) groups is 1. The molecule has 1 aliphatic rings. The second-order valence-electron chi connectivity index (χ2n) is 5.82. The van der Waals surface area contributed by atoms with Crippen molar-refractivity contribution in [2.45, 2.75) is 26.2 Å². The molecule has 1 saturated heterocycles. The lowest BCUT2D eigenvalue weighted by atomic mass is 10.2. The van der Waals surface area contributed by atoms with Gasteiger partial charge in [-0.2, -0.15) is 8.78 Å². The van der Waals surface area contributed by atoms with Gasteiger partial charge in [-0.3, -0.25) is 0 Å². The Morgan fingerprint density at radius 3 is 2.92 bits per heavy atom. The fourth-order valence-electron chi connectivity index (χ4n) is 2.55. The average molecular weight is 356 g/mol. The SMILES string of the molecule is CCNC(=NCc1ccccc1OC(F)F)NCC1CN(C)CCO1. The highest BCUT2D eigenvalue weighted by atomic mass is 19.3. The molecule has 1 fully saturated rings. The lowest BCUT2D eigenvalue weighted by Crippen LogP contribution is -2.48. The number of alkyl halides is 2. The van der Waals surface area contributed by atoms with Crippen LogP contribution in [0.2, 0.25) is 0 Å². The van der Waals surface area contributed by atoms with E-state index in [9.17, 15) is 8.78 Å². The van der Waals surface area contributed by atoms with Crippen molar-refractivity contribution in [2.75, 3.05) is 39.8 Å². The molecule has 0 spiro atoms. The zero-order chi connectivity index (χ0) is 18.1. The Morgan fingerprint density at radius 1 is 1.40 bits per heavy atom. The van der Waals surface area contributed by atoms with Crippen LogP contribution >= 0.6 is 0 Å². The van der Waals surface area contributed by atoms with Gasteiger partial charge in [-0.15, -0.1) is 0 Å². The molecule has 2 N–H and O–H groups in total. The molecule has 1 heterocycles. The number of para-hydroxylation sites is 1. The molecule has 0 aromatic heterocycles. The van der Waals surface area contributed by atoms with Gasteiger partial charge in [-0.25, -0.2) is 4.99 Å². The molecular weight excluding hydrogens is 330 g/mol. The van der Waals surface area contributed by atoms with Crippen LogP contribution in [0.1, 0.15) is 12.5 Å². The Balaban J connectivity index is 1.95. The molecule has 1 aromatic rings. The number of nitrogens with zero attached hydrogens (tertiary/aromatic N) is 2. The maximum atomic E-state index is 12.5. The van der Waals surface area contributed by atoms with E-state index in [1.807, 2.05) is 6.92 Å². The third kappa shape index (κ3) is 6.83. The van der Waals surface area contributed by atoms with Crippen molar-refractivity contribution in [3.8, 4) is 5.75 Å². The van der Waals surface area contributed by atoms with Crippen LogP contribution in [0.4, 0.5) is 8.78 Å². The first-order valence-corrected chi connectivity index (χ1v) is 8.43. The number of hydrogen-bond acceptors (Lipinski definition) is 4. The van der Waals surface area contributed by atoms with E-state index in [4.69, 9.17) is 4.74 Å². The van der Waals surface area contributed by atoms with E-state index >= 15 is 0 Å². The van der Waals surface area contributed by atoms with Crippen LogP contribution < -0.4 is 15.4 Å². The minimum absolute atomic E-state index is 0.0945. The minimum Gasteiger partial charge on any atom is -0.434 e. The number of likely N-dealkylation sites (N-methyl/N-ethyl adjacent to an activating group) is 1. The Morgan fingerprint density at radius 2 is 2.20 bits per heavy atom. The van der Waals surface area contributed by atoms with Gasteiger partial charge < -0.3 is 25.0 Å². The summed E-state index contributed by atoms with van der Waals surface area (Å²) < 4.78 is 35.2. The highest BCUT2D eigenvalue weighted by Crippen LogP contribution is 2.20. The van der Waals surface area contributed by atoms with Gasteiger partial charge >= 0.3 is 6.61 Å². The summed E-state index contributed by atoms with van der Waals surface area (Å²) in [6, 6.07) is 6.67. The van der Waals surface area contributed by atoms with Crippen LogP contribution in [-0.4, -0.2) is 63.4 Å². The number of morpholine rings is 1. The Hall–Kier alpha value is -1.93. The summed E-state index contributed by atoms with van der Waals surface area (Å²) in [5, 5.41) is 6.38. The maximum Gasteiger partial charge on any atom is 0.387 e. The van der Waals surface area contributed by atoms with Crippen LogP contribution in [0.5, 0.6) is 5.75 Å². The van der Waals surface area contributed by atoms with Crippen LogP contribution in [0.15, 0.2) is 29.3 Å². The quantitative estimate of drug-likeness (QED) is 0.575. The van der Waals surface area contributed by atoms with Gasteiger partial charge in [0, 0.05) is 31.7 Å². The molecule has 0 aliphatic carbocycles. The Labute approximate surface area is 147 Å². The monoisotopic (exact) mass is 356 g/mol. The summed E-state index contributed by atoms with van der Waals surface area (Å²) in [7, 11) is 2.06. The number of hydrogen-bond donors (Lipinski definition) is 2. The second kappa shape index (κ2) is 10.1. The minimum atomic E-state index is -2.85. The lowest BCUT2D eigenvalue weighted by Gasteiger charge is -2.30. The smallest absolute Gasteiger partial charge is 0.387 e. The van der Waals surface area contributed by atoms with Gasteiger partial charge in [0.1, 0.15) is 5.75 Å². The first-order chi connectivity index (χ1) is 12.1. The predicted molar refractivity (Wildman–Crippen MR) is 93.1 cm³/mol. The third-order valence-electron chi connectivity index (χ3n) is 3.78. The summed E-state index contributed by atoms with van der Waals surface area (Å²) >= 11 is 0. The van der Waals surface area contributed by atoms with Gasteiger partial charge in [0.05, 0.1) is 19.3 Å². The van der Waals surface area contributed by atoms with E-state index in [1.54, 1.807) is 18.2 Å². The third-order valence-corrected chi connectivity index (χ3v) is 3.78. The van der Waals surface area contributed by atoms with Crippen LogP contribution in [0, 0.1) is 0 Å². The van der Waals surface area contributed by atoms with Crippen molar-refractivity contribution in [1.82, 2.24) is 15.5 Å². The van der Waals surface area contributed by atoms with E-state index in [1.165, 1.54) is 6.07 Å². The molecule has 6 nitrogen and oxygen atoms in total. The Bertz CT molecular complexity index is 557. The fraction of sp³-hybridized carbons (Fsp3) is 0.588.